The van der Waals surface area contributed by atoms with E-state index in [2.05, 4.69) is 9.98 Å². The lowest BCUT2D eigenvalue weighted by molar-refractivity contribution is 0.432. The van der Waals surface area contributed by atoms with E-state index in [1.54, 1.807) is 12.3 Å². The highest BCUT2D eigenvalue weighted by molar-refractivity contribution is 7.71. The summed E-state index contributed by atoms with van der Waals surface area (Å²) in [6.45, 7) is 3.94. The second kappa shape index (κ2) is 6.48. The number of hydrogen-bond acceptors (Lipinski definition) is 4. The van der Waals surface area contributed by atoms with E-state index in [1.165, 1.54) is 4.57 Å². The Morgan fingerprint density at radius 2 is 1.85 bits per heavy atom. The van der Waals surface area contributed by atoms with Gasteiger partial charge in [0.05, 0.1) is 11.4 Å². The SMILES string of the molecule is Cc1cc(C)cc(-n2c(O)c(/C=C3\C=Nc4ccccc43)c(=O)[nH]c2=S)c1. The van der Waals surface area contributed by atoms with Gasteiger partial charge in [0.15, 0.2) is 4.77 Å². The number of nitrogens with zero attached hydrogens (tertiary/aromatic N) is 2. The number of para-hydroxylation sites is 1. The van der Waals surface area contributed by atoms with Crippen molar-refractivity contribution in [2.75, 3.05) is 0 Å². The molecule has 0 spiro atoms. The van der Waals surface area contributed by atoms with Gasteiger partial charge in [-0.05, 0) is 61.5 Å². The van der Waals surface area contributed by atoms with Gasteiger partial charge in [0.1, 0.15) is 5.56 Å². The number of fused-ring (bicyclic) bond motifs is 1. The molecule has 0 fully saturated rings. The van der Waals surface area contributed by atoms with Gasteiger partial charge < -0.3 is 5.11 Å². The topological polar surface area (TPSA) is 70.4 Å². The van der Waals surface area contributed by atoms with Crippen LogP contribution in [0.2, 0.25) is 0 Å². The normalized spacial score (nSPS) is 13.9. The maximum atomic E-state index is 12.5. The molecular weight excluding hydrogens is 358 g/mol. The average Bonchev–Trinajstić information content (AvgIpc) is 3.00. The number of rotatable bonds is 2. The smallest absolute Gasteiger partial charge is 0.262 e. The van der Waals surface area contributed by atoms with Crippen LogP contribution in [0.15, 0.2) is 52.3 Å². The maximum absolute atomic E-state index is 12.5. The second-order valence-corrected chi connectivity index (χ2v) is 6.94. The van der Waals surface area contributed by atoms with Crippen LogP contribution in [0.3, 0.4) is 0 Å². The molecule has 0 bridgehead atoms. The zero-order valence-corrected chi connectivity index (χ0v) is 15.7. The van der Waals surface area contributed by atoms with Crippen LogP contribution in [0.5, 0.6) is 5.88 Å². The fourth-order valence-corrected chi connectivity index (χ4v) is 3.58. The molecule has 1 aromatic heterocycles. The number of nitrogens with one attached hydrogen (secondary N) is 1. The Hall–Kier alpha value is -3.25. The molecule has 0 saturated heterocycles. The lowest BCUT2D eigenvalue weighted by Gasteiger charge is -2.13. The number of aromatic amines is 1. The van der Waals surface area contributed by atoms with Crippen molar-refractivity contribution < 1.29 is 5.11 Å². The molecule has 5 nitrogen and oxygen atoms in total. The van der Waals surface area contributed by atoms with Crippen molar-refractivity contribution in [3.05, 3.63) is 79.8 Å². The van der Waals surface area contributed by atoms with Gasteiger partial charge in [0, 0.05) is 17.4 Å². The van der Waals surface area contributed by atoms with E-state index >= 15 is 0 Å². The van der Waals surface area contributed by atoms with Gasteiger partial charge in [0.2, 0.25) is 5.88 Å². The van der Waals surface area contributed by atoms with E-state index in [0.717, 1.165) is 28.0 Å². The summed E-state index contributed by atoms with van der Waals surface area (Å²) in [7, 11) is 0. The molecule has 0 saturated carbocycles. The Balaban J connectivity index is 1.94. The summed E-state index contributed by atoms with van der Waals surface area (Å²) in [5.74, 6) is -0.195. The molecule has 3 aromatic rings. The third-order valence-corrected chi connectivity index (χ3v) is 4.73. The quantitative estimate of drug-likeness (QED) is 0.649. The highest BCUT2D eigenvalue weighted by atomic mass is 32.1. The largest absolute Gasteiger partial charge is 0.494 e. The number of aliphatic imine (C=N–C) groups is 1. The van der Waals surface area contributed by atoms with Crippen molar-refractivity contribution in [1.82, 2.24) is 9.55 Å². The van der Waals surface area contributed by atoms with Crippen molar-refractivity contribution >= 4 is 35.8 Å². The third kappa shape index (κ3) is 3.04. The van der Waals surface area contributed by atoms with Crippen molar-refractivity contribution in [2.24, 2.45) is 4.99 Å². The molecular formula is C21H17N3O2S. The van der Waals surface area contributed by atoms with Gasteiger partial charge in [-0.3, -0.25) is 19.3 Å². The van der Waals surface area contributed by atoms with Crippen LogP contribution in [-0.4, -0.2) is 20.9 Å². The van der Waals surface area contributed by atoms with Crippen LogP contribution in [0, 0.1) is 18.6 Å². The van der Waals surface area contributed by atoms with E-state index in [-0.39, 0.29) is 16.2 Å². The van der Waals surface area contributed by atoms with Crippen molar-refractivity contribution in [1.29, 1.82) is 0 Å². The number of aromatic hydroxyl groups is 1. The summed E-state index contributed by atoms with van der Waals surface area (Å²) < 4.78 is 1.62. The molecule has 134 valence electrons. The van der Waals surface area contributed by atoms with Gasteiger partial charge in [-0.15, -0.1) is 0 Å². The number of allylic oxidation sites excluding steroid dienone is 1. The first-order valence-corrected chi connectivity index (χ1v) is 8.87. The van der Waals surface area contributed by atoms with Crippen LogP contribution in [0.25, 0.3) is 17.3 Å². The highest BCUT2D eigenvalue weighted by Gasteiger charge is 2.16. The number of aromatic nitrogens is 2. The van der Waals surface area contributed by atoms with E-state index in [1.807, 2.05) is 56.3 Å². The van der Waals surface area contributed by atoms with E-state index in [0.29, 0.717) is 5.69 Å². The predicted octanol–water partition coefficient (Wildman–Crippen LogP) is 4.47. The van der Waals surface area contributed by atoms with E-state index in [9.17, 15) is 9.90 Å². The first-order valence-electron chi connectivity index (χ1n) is 8.46. The summed E-state index contributed by atoms with van der Waals surface area (Å²) in [5, 5.41) is 10.9. The number of H-pyrrole nitrogens is 1. The van der Waals surface area contributed by atoms with Gasteiger partial charge in [0.25, 0.3) is 5.56 Å². The number of aryl methyl sites for hydroxylation is 2. The van der Waals surface area contributed by atoms with Crippen LogP contribution >= 0.6 is 12.2 Å². The zero-order chi connectivity index (χ0) is 19.1. The lowest BCUT2D eigenvalue weighted by atomic mass is 10.1. The summed E-state index contributed by atoms with van der Waals surface area (Å²) in [6.07, 6.45) is 3.32. The van der Waals surface area contributed by atoms with Crippen molar-refractivity contribution in [3.63, 3.8) is 0 Å². The Bertz CT molecular complexity index is 1230. The fourth-order valence-electron chi connectivity index (χ4n) is 3.30. The van der Waals surface area contributed by atoms with Crippen LogP contribution in [0.1, 0.15) is 22.3 Å². The lowest BCUT2D eigenvalue weighted by Crippen LogP contribution is -2.16. The van der Waals surface area contributed by atoms with Gasteiger partial charge >= 0.3 is 0 Å². The number of benzene rings is 2. The minimum absolute atomic E-state index is 0.140. The van der Waals surface area contributed by atoms with Crippen molar-refractivity contribution in [2.45, 2.75) is 13.8 Å². The monoisotopic (exact) mass is 375 g/mol. The standard InChI is InChI=1S/C21H17N3O2S/c1-12-7-13(2)9-15(8-12)24-20(26)17(19(25)23-21(24)27)10-14-11-22-18-6-4-3-5-16(14)18/h3-11,26H,1-2H3,(H,23,25,27)/b14-10+. The minimum Gasteiger partial charge on any atom is -0.494 e. The fraction of sp³-hybridized carbons (Fsp3) is 0.0952. The molecule has 2 N–H and O–H groups in total. The van der Waals surface area contributed by atoms with Crippen LogP contribution < -0.4 is 5.56 Å². The molecule has 4 rings (SSSR count). The third-order valence-electron chi connectivity index (χ3n) is 4.44. The molecule has 0 unspecified atom stereocenters. The molecule has 2 heterocycles. The van der Waals surface area contributed by atoms with Gasteiger partial charge in [-0.2, -0.15) is 0 Å². The zero-order valence-electron chi connectivity index (χ0n) is 14.9. The molecule has 1 aliphatic heterocycles. The average molecular weight is 375 g/mol. The molecule has 0 atom stereocenters. The summed E-state index contributed by atoms with van der Waals surface area (Å²) in [4.78, 5) is 19.5. The second-order valence-electron chi connectivity index (χ2n) is 6.55. The van der Waals surface area contributed by atoms with E-state index < -0.39 is 5.56 Å². The van der Waals surface area contributed by atoms with Crippen LogP contribution in [-0.2, 0) is 0 Å². The first-order chi connectivity index (χ1) is 12.9. The van der Waals surface area contributed by atoms with Gasteiger partial charge in [-0.25, -0.2) is 0 Å². The summed E-state index contributed by atoms with van der Waals surface area (Å²) in [5.41, 5.74) is 4.98. The Kier molecular flexibility index (Phi) is 4.12. The molecule has 0 aliphatic carbocycles. The summed E-state index contributed by atoms with van der Waals surface area (Å²) in [6, 6.07) is 13.5. The molecule has 0 amide bonds. The molecule has 1 aliphatic rings. The van der Waals surface area contributed by atoms with Crippen molar-refractivity contribution in [3.8, 4) is 11.6 Å². The van der Waals surface area contributed by atoms with Gasteiger partial charge in [-0.1, -0.05) is 24.3 Å². The molecule has 2 aromatic carbocycles. The van der Waals surface area contributed by atoms with E-state index in [4.69, 9.17) is 12.2 Å². The molecule has 0 radical (unpaired) electrons. The highest BCUT2D eigenvalue weighted by Crippen LogP contribution is 2.33. The molecule has 27 heavy (non-hydrogen) atoms. The Labute approximate surface area is 161 Å². The predicted molar refractivity (Wildman–Crippen MR) is 111 cm³/mol. The van der Waals surface area contributed by atoms with Crippen LogP contribution in [0.4, 0.5) is 5.69 Å². The Morgan fingerprint density at radius 1 is 1.15 bits per heavy atom. The number of hydrogen-bond donors (Lipinski definition) is 2. The minimum atomic E-state index is -0.441. The molecule has 6 heteroatoms. The summed E-state index contributed by atoms with van der Waals surface area (Å²) >= 11 is 5.30. The maximum Gasteiger partial charge on any atom is 0.262 e. The first kappa shape index (κ1) is 17.2. The Morgan fingerprint density at radius 3 is 2.59 bits per heavy atom.